The summed E-state index contributed by atoms with van der Waals surface area (Å²) < 4.78 is 32.9. The molecule has 0 heterocycles. The van der Waals surface area contributed by atoms with Crippen LogP contribution in [0.15, 0.2) is 57.4 Å². The van der Waals surface area contributed by atoms with Crippen LogP contribution in [0, 0.1) is 0 Å². The van der Waals surface area contributed by atoms with Crippen LogP contribution in [0.2, 0.25) is 0 Å². The molecule has 0 saturated heterocycles. The van der Waals surface area contributed by atoms with Crippen LogP contribution in [0.1, 0.15) is 6.92 Å². The molecular weight excluding hydrogens is 278 g/mol. The number of carbonyl (C=O) groups is 1. The third kappa shape index (κ3) is 3.03. The Morgan fingerprint density at radius 3 is 2.30 bits per heavy atom. The number of allylic oxidation sites excluding steroid dienone is 4. The third-order valence-electron chi connectivity index (χ3n) is 2.74. The predicted octanol–water partition coefficient (Wildman–Crippen LogP) is 1.91. The van der Waals surface area contributed by atoms with Crippen LogP contribution in [-0.4, -0.2) is 27.0 Å². The predicted molar refractivity (Wildman–Crippen MR) is 75.5 cm³/mol. The van der Waals surface area contributed by atoms with E-state index in [2.05, 4.69) is 4.40 Å². The van der Waals surface area contributed by atoms with Crippen LogP contribution in [0.3, 0.4) is 0 Å². The van der Waals surface area contributed by atoms with Crippen molar-refractivity contribution in [3.05, 3.63) is 48.1 Å². The molecule has 0 unspecified atom stereocenters. The summed E-state index contributed by atoms with van der Waals surface area (Å²) >= 11 is 0. The highest BCUT2D eigenvalue weighted by Crippen LogP contribution is 2.18. The molecule has 1 aliphatic carbocycles. The Hall–Kier alpha value is -2.21. The van der Waals surface area contributed by atoms with Crippen molar-refractivity contribution in [3.8, 4) is 5.75 Å². The molecule has 1 aliphatic rings. The van der Waals surface area contributed by atoms with Crippen LogP contribution in [0.4, 0.5) is 0 Å². The van der Waals surface area contributed by atoms with Crippen molar-refractivity contribution in [1.82, 2.24) is 0 Å². The van der Waals surface area contributed by atoms with Crippen LogP contribution < -0.4 is 4.74 Å². The van der Waals surface area contributed by atoms with E-state index in [-0.39, 0.29) is 16.4 Å². The first-order valence-corrected chi connectivity index (χ1v) is 7.26. The number of rotatable bonds is 3. The Morgan fingerprint density at radius 1 is 1.10 bits per heavy atom. The Bertz CT molecular complexity index is 725. The van der Waals surface area contributed by atoms with Crippen molar-refractivity contribution in [2.75, 3.05) is 7.11 Å². The van der Waals surface area contributed by atoms with E-state index in [1.807, 2.05) is 0 Å². The molecule has 0 radical (unpaired) electrons. The zero-order valence-corrected chi connectivity index (χ0v) is 11.8. The highest BCUT2D eigenvalue weighted by molar-refractivity contribution is 7.90. The largest absolute Gasteiger partial charge is 0.497 e. The van der Waals surface area contributed by atoms with Crippen molar-refractivity contribution in [2.24, 2.45) is 4.40 Å². The second kappa shape index (κ2) is 5.42. The van der Waals surface area contributed by atoms with Gasteiger partial charge < -0.3 is 4.74 Å². The molecule has 0 N–H and O–H groups in total. The van der Waals surface area contributed by atoms with Gasteiger partial charge in [0.1, 0.15) is 5.75 Å². The number of nitrogens with zero attached hydrogens (tertiary/aromatic N) is 1. The zero-order valence-electron chi connectivity index (χ0n) is 11.0. The molecule has 0 spiro atoms. The Balaban J connectivity index is 2.36. The molecule has 0 fully saturated rings. The first-order valence-electron chi connectivity index (χ1n) is 5.82. The highest BCUT2D eigenvalue weighted by atomic mass is 32.2. The van der Waals surface area contributed by atoms with E-state index in [9.17, 15) is 13.2 Å². The second-order valence-corrected chi connectivity index (χ2v) is 5.80. The zero-order chi connectivity index (χ0) is 14.8. The molecule has 5 nitrogen and oxygen atoms in total. The van der Waals surface area contributed by atoms with Gasteiger partial charge >= 0.3 is 0 Å². The lowest BCUT2D eigenvalue weighted by Crippen LogP contribution is -2.08. The highest BCUT2D eigenvalue weighted by Gasteiger charge is 2.15. The molecule has 0 aromatic heterocycles. The van der Waals surface area contributed by atoms with Gasteiger partial charge in [-0.15, -0.1) is 0 Å². The first-order chi connectivity index (χ1) is 9.42. The van der Waals surface area contributed by atoms with E-state index in [1.165, 1.54) is 37.5 Å². The summed E-state index contributed by atoms with van der Waals surface area (Å²) in [5.74, 6) is 0.418. The van der Waals surface area contributed by atoms with Crippen LogP contribution in [0.25, 0.3) is 0 Å². The lowest BCUT2D eigenvalue weighted by atomic mass is 10.1. The van der Waals surface area contributed by atoms with E-state index in [1.54, 1.807) is 19.1 Å². The lowest BCUT2D eigenvalue weighted by molar-refractivity contribution is -0.111. The summed E-state index contributed by atoms with van der Waals surface area (Å²) in [4.78, 5) is 11.3. The summed E-state index contributed by atoms with van der Waals surface area (Å²) in [6.07, 6.45) is 4.14. The van der Waals surface area contributed by atoms with Crippen LogP contribution in [-0.2, 0) is 14.8 Å². The van der Waals surface area contributed by atoms with E-state index in [0.29, 0.717) is 11.3 Å². The van der Waals surface area contributed by atoms with E-state index in [0.717, 1.165) is 0 Å². The monoisotopic (exact) mass is 291 g/mol. The molecule has 1 aromatic carbocycles. The third-order valence-corrected chi connectivity index (χ3v) is 4.06. The Morgan fingerprint density at radius 2 is 1.75 bits per heavy atom. The van der Waals surface area contributed by atoms with Gasteiger partial charge in [0, 0.05) is 0 Å². The number of sulfonamides is 1. The van der Waals surface area contributed by atoms with Crippen molar-refractivity contribution in [3.63, 3.8) is 0 Å². The smallest absolute Gasteiger partial charge is 0.282 e. The molecular formula is C14H13NO4S. The fourth-order valence-corrected chi connectivity index (χ4v) is 2.61. The second-order valence-electron chi connectivity index (χ2n) is 4.19. The molecule has 0 aliphatic heterocycles. The average Bonchev–Trinajstić information content (AvgIpc) is 2.43. The van der Waals surface area contributed by atoms with Gasteiger partial charge in [-0.05, 0) is 55.0 Å². The molecule has 0 amide bonds. The number of methoxy groups -OCH3 is 1. The van der Waals surface area contributed by atoms with Gasteiger partial charge in [0.15, 0.2) is 5.78 Å². The van der Waals surface area contributed by atoms with E-state index >= 15 is 0 Å². The Labute approximate surface area is 117 Å². The van der Waals surface area contributed by atoms with Gasteiger partial charge in [0.05, 0.1) is 17.7 Å². The molecule has 0 atom stereocenters. The summed E-state index contributed by atoms with van der Waals surface area (Å²) in [7, 11) is -2.30. The van der Waals surface area contributed by atoms with Gasteiger partial charge in [-0.1, -0.05) is 0 Å². The topological polar surface area (TPSA) is 72.8 Å². The fraction of sp³-hybridized carbons (Fsp3) is 0.143. The molecule has 1 aromatic rings. The van der Waals surface area contributed by atoms with Gasteiger partial charge in [0.25, 0.3) is 10.0 Å². The Kier molecular flexibility index (Phi) is 3.85. The normalized spacial score (nSPS) is 17.2. The minimum Gasteiger partial charge on any atom is -0.497 e. The summed E-state index contributed by atoms with van der Waals surface area (Å²) in [5, 5.41) is 0. The molecule has 6 heteroatoms. The SMILES string of the molecule is COc1ccc(S(=O)(=O)/N=C2/C=CC(=O)C(C)=C2)cc1. The van der Waals surface area contributed by atoms with Gasteiger partial charge in [0.2, 0.25) is 0 Å². The standard InChI is InChI=1S/C14H13NO4S/c1-10-9-11(3-8-14(10)16)15-20(17,18)13-6-4-12(19-2)5-7-13/h3-9H,1-2H3/b15-11-. The quantitative estimate of drug-likeness (QED) is 0.797. The maximum Gasteiger partial charge on any atom is 0.282 e. The average molecular weight is 291 g/mol. The number of benzene rings is 1. The van der Waals surface area contributed by atoms with Gasteiger partial charge in [-0.2, -0.15) is 12.8 Å². The fourth-order valence-electron chi connectivity index (χ4n) is 1.63. The van der Waals surface area contributed by atoms with Crippen LogP contribution >= 0.6 is 0 Å². The summed E-state index contributed by atoms with van der Waals surface area (Å²) in [5.41, 5.74) is 0.689. The minimum atomic E-state index is -3.80. The molecule has 0 bridgehead atoms. The first kappa shape index (κ1) is 14.2. The molecule has 104 valence electrons. The minimum absolute atomic E-state index is 0.0714. The van der Waals surface area contributed by atoms with Crippen molar-refractivity contribution in [2.45, 2.75) is 11.8 Å². The number of ether oxygens (including phenoxy) is 1. The number of ketones is 1. The molecule has 20 heavy (non-hydrogen) atoms. The summed E-state index contributed by atoms with van der Waals surface area (Å²) in [6, 6.07) is 5.95. The van der Waals surface area contributed by atoms with E-state index < -0.39 is 10.0 Å². The number of hydrogen-bond donors (Lipinski definition) is 0. The van der Waals surface area contributed by atoms with Crippen LogP contribution in [0.5, 0.6) is 5.75 Å². The number of hydrogen-bond acceptors (Lipinski definition) is 4. The van der Waals surface area contributed by atoms with Gasteiger partial charge in [-0.3, -0.25) is 4.79 Å². The maximum absolute atomic E-state index is 12.1. The van der Waals surface area contributed by atoms with Crippen molar-refractivity contribution >= 4 is 21.5 Å². The molecule has 0 saturated carbocycles. The van der Waals surface area contributed by atoms with Crippen molar-refractivity contribution in [1.29, 1.82) is 0 Å². The molecule has 2 rings (SSSR count). The van der Waals surface area contributed by atoms with Crippen molar-refractivity contribution < 1.29 is 17.9 Å². The van der Waals surface area contributed by atoms with E-state index in [4.69, 9.17) is 4.74 Å². The maximum atomic E-state index is 12.1. The number of carbonyl (C=O) groups excluding carboxylic acids is 1. The van der Waals surface area contributed by atoms with Gasteiger partial charge in [-0.25, -0.2) is 0 Å². The lowest BCUT2D eigenvalue weighted by Gasteiger charge is -2.05. The summed E-state index contributed by atoms with van der Waals surface area (Å²) in [6.45, 7) is 1.61.